The zero-order valence-corrected chi connectivity index (χ0v) is 7.62. The van der Waals surface area contributed by atoms with Crippen molar-refractivity contribution < 1.29 is 0 Å². The van der Waals surface area contributed by atoms with Crippen molar-refractivity contribution in [3.8, 4) is 0 Å². The van der Waals surface area contributed by atoms with Crippen LogP contribution in [0.25, 0.3) is 0 Å². The molecule has 42 valence electrons. The van der Waals surface area contributed by atoms with Gasteiger partial charge in [0, 0.05) is 0 Å². The Morgan fingerprint density at radius 3 is 0.833 bits per heavy atom. The zero-order chi connectivity index (χ0) is 4.50. The molecule has 0 aliphatic heterocycles. The summed E-state index contributed by atoms with van der Waals surface area (Å²) in [5.41, 5.74) is 0. The van der Waals surface area contributed by atoms with E-state index in [-0.39, 0.29) is 17.0 Å². The zero-order valence-electron chi connectivity index (χ0n) is 4.91. The molecular weight excluding hydrogens is 159 g/mol. The van der Waals surface area contributed by atoms with Crippen LogP contribution in [-0.2, 0) is 0 Å². The quantitative estimate of drug-likeness (QED) is 0.490. The van der Waals surface area contributed by atoms with E-state index < -0.39 is 7.26 Å². The molecule has 0 fully saturated rings. The van der Waals surface area contributed by atoms with Crippen LogP contribution in [0, 0.1) is 0 Å². The predicted molar refractivity (Wildman–Crippen MR) is 42.3 cm³/mol. The molecule has 0 aliphatic carbocycles. The fourth-order valence-corrected chi connectivity index (χ4v) is 0. The van der Waals surface area contributed by atoms with Crippen molar-refractivity contribution in [2.45, 2.75) is 0 Å². The molecule has 0 amide bonds. The molecule has 0 aromatic rings. The van der Waals surface area contributed by atoms with Crippen LogP contribution in [0.4, 0.5) is 0 Å². The normalized spacial score (nSPS) is 12.7. The van der Waals surface area contributed by atoms with E-state index in [1.807, 2.05) is 0 Å². The van der Waals surface area contributed by atoms with Crippen LogP contribution in [0.5, 0.6) is 0 Å². The first kappa shape index (κ1) is 10.0. The number of hydrogen-bond acceptors (Lipinski definition) is 0. The van der Waals surface area contributed by atoms with Crippen molar-refractivity contribution in [2.24, 2.45) is 0 Å². The molecule has 0 saturated heterocycles. The third kappa shape index (κ3) is 90.6. The minimum atomic E-state index is -0.611. The second-order valence-electron chi connectivity index (χ2n) is 3.00. The van der Waals surface area contributed by atoms with Gasteiger partial charge in [-0.05, 0) is 0 Å². The monoisotopic (exact) mass is 172 g/mol. The van der Waals surface area contributed by atoms with E-state index in [4.69, 9.17) is 0 Å². The third-order valence-electron chi connectivity index (χ3n) is 0. The molecule has 0 spiro atoms. The predicted octanol–water partition coefficient (Wildman–Crippen LogP) is 1.83. The summed E-state index contributed by atoms with van der Waals surface area (Å²) in [6, 6.07) is 0. The fourth-order valence-electron chi connectivity index (χ4n) is 0. The van der Waals surface area contributed by atoms with E-state index >= 15 is 0 Å². The van der Waals surface area contributed by atoms with E-state index in [0.29, 0.717) is 0 Å². The van der Waals surface area contributed by atoms with Crippen molar-refractivity contribution in [3.63, 3.8) is 0 Å². The molecule has 0 saturated carbocycles. The second kappa shape index (κ2) is 2.98. The van der Waals surface area contributed by atoms with Gasteiger partial charge >= 0.3 is 33.9 Å². The van der Waals surface area contributed by atoms with E-state index in [0.717, 1.165) is 0 Å². The first-order valence-corrected chi connectivity index (χ1v) is 6.00. The molecule has 0 radical (unpaired) electrons. The van der Waals surface area contributed by atoms with Crippen LogP contribution >= 0.6 is 24.2 Å². The summed E-state index contributed by atoms with van der Waals surface area (Å²) in [6.07, 6.45) is 0. The first-order chi connectivity index (χ1) is 2.00. The maximum atomic E-state index is 2.33. The van der Waals surface area contributed by atoms with E-state index in [2.05, 4.69) is 26.7 Å². The average Bonchev–Trinajstić information content (AvgIpc) is 0.722. The molecule has 0 aliphatic rings. The first-order valence-electron chi connectivity index (χ1n) is 2.00. The molecule has 0 aromatic carbocycles. The van der Waals surface area contributed by atoms with Crippen molar-refractivity contribution in [1.29, 1.82) is 0 Å². The van der Waals surface area contributed by atoms with Crippen molar-refractivity contribution in [3.05, 3.63) is 0 Å². The molecule has 0 unspecified atom stereocenters. The van der Waals surface area contributed by atoms with Crippen molar-refractivity contribution in [1.82, 2.24) is 0 Å². The fraction of sp³-hybridized carbons (Fsp3) is 1.00. The van der Waals surface area contributed by atoms with Gasteiger partial charge in [0.2, 0.25) is 0 Å². The van der Waals surface area contributed by atoms with Gasteiger partial charge < -0.3 is 0 Å². The van der Waals surface area contributed by atoms with Gasteiger partial charge in [-0.1, -0.05) is 0 Å². The Bertz CT molecular complexity index is 23.0. The van der Waals surface area contributed by atoms with Gasteiger partial charge in [0.1, 0.15) is 0 Å². The summed E-state index contributed by atoms with van der Waals surface area (Å²) in [5.74, 6) is 0. The Morgan fingerprint density at radius 2 is 0.833 bits per heavy atom. The topological polar surface area (TPSA) is 0 Å². The summed E-state index contributed by atoms with van der Waals surface area (Å²) < 4.78 is 0. The van der Waals surface area contributed by atoms with Gasteiger partial charge in [-0.15, -0.1) is 17.0 Å². The average molecular weight is 173 g/mol. The molecule has 0 heterocycles. The van der Waals surface area contributed by atoms with Gasteiger partial charge in [-0.25, -0.2) is 0 Å². The Morgan fingerprint density at radius 1 is 0.833 bits per heavy atom. The Labute approximate surface area is 51.4 Å². The molecule has 0 atom stereocenters. The molecule has 0 N–H and O–H groups in total. The summed E-state index contributed by atoms with van der Waals surface area (Å²) >= 11 is 0. The third-order valence-corrected chi connectivity index (χ3v) is 0. The van der Waals surface area contributed by atoms with Crippen LogP contribution < -0.4 is 0 Å². The van der Waals surface area contributed by atoms with Crippen LogP contribution in [-0.4, -0.2) is 26.7 Å². The molecule has 0 bridgehead atoms. The Hall–Kier alpha value is 0.910. The molecule has 0 aromatic heterocycles. The van der Waals surface area contributed by atoms with Crippen LogP contribution in [0.1, 0.15) is 0 Å². The summed E-state index contributed by atoms with van der Waals surface area (Å²) in [6.45, 7) is 9.31. The van der Waals surface area contributed by atoms with E-state index in [9.17, 15) is 0 Å². The maximum absolute atomic E-state index is 2.33. The van der Waals surface area contributed by atoms with E-state index in [1.54, 1.807) is 0 Å². The van der Waals surface area contributed by atoms with Gasteiger partial charge in [0.15, 0.2) is 0 Å². The van der Waals surface area contributed by atoms with Crippen molar-refractivity contribution >= 4 is 24.2 Å². The molecular formula is C4H14BrP. The summed E-state index contributed by atoms with van der Waals surface area (Å²) in [4.78, 5) is 0. The molecule has 2 heteroatoms. The molecule has 0 rings (SSSR count). The summed E-state index contributed by atoms with van der Waals surface area (Å²) in [5, 5.41) is 0. The molecule has 0 nitrogen and oxygen atoms in total. The second-order valence-corrected chi connectivity index (χ2v) is 9.00. The van der Waals surface area contributed by atoms with Gasteiger partial charge in [0.25, 0.3) is 0 Å². The SMILES string of the molecule is Br.C[PH](C)(C)C. The Kier molecular flexibility index (Phi) is 4.98. The molecule has 6 heavy (non-hydrogen) atoms. The van der Waals surface area contributed by atoms with Crippen LogP contribution in [0.2, 0.25) is 0 Å². The van der Waals surface area contributed by atoms with Gasteiger partial charge in [-0.3, -0.25) is 0 Å². The van der Waals surface area contributed by atoms with E-state index in [1.165, 1.54) is 0 Å². The standard InChI is InChI=1S/C4H13P.BrH/c1-5(2,3)4;/h5H,1-4H3;1H. The van der Waals surface area contributed by atoms with Crippen molar-refractivity contribution in [2.75, 3.05) is 26.7 Å². The minimum absolute atomic E-state index is 0. The van der Waals surface area contributed by atoms with Gasteiger partial charge in [-0.2, -0.15) is 0 Å². The van der Waals surface area contributed by atoms with Crippen LogP contribution in [0.15, 0.2) is 0 Å². The summed E-state index contributed by atoms with van der Waals surface area (Å²) in [7, 11) is -0.611. The van der Waals surface area contributed by atoms with Gasteiger partial charge in [0.05, 0.1) is 0 Å². The number of rotatable bonds is 0. The Balaban J connectivity index is 0. The number of hydrogen-bond donors (Lipinski definition) is 0. The van der Waals surface area contributed by atoms with Crippen LogP contribution in [0.3, 0.4) is 0 Å². The number of halogens is 1.